The highest BCUT2D eigenvalue weighted by Gasteiger charge is 2.23. The summed E-state index contributed by atoms with van der Waals surface area (Å²) in [6.45, 7) is 3.74. The minimum absolute atomic E-state index is 0.612. The third-order valence-electron chi connectivity index (χ3n) is 4.62. The van der Waals surface area contributed by atoms with E-state index in [1.165, 1.54) is 45.3 Å². The molecule has 0 bridgehead atoms. The van der Waals surface area contributed by atoms with Crippen molar-refractivity contribution >= 4 is 0 Å². The highest BCUT2D eigenvalue weighted by atomic mass is 15.1. The summed E-state index contributed by atoms with van der Waals surface area (Å²) in [4.78, 5) is 2.45. The van der Waals surface area contributed by atoms with E-state index in [4.69, 9.17) is 0 Å². The van der Waals surface area contributed by atoms with E-state index in [9.17, 15) is 0 Å². The van der Waals surface area contributed by atoms with Gasteiger partial charge in [-0.15, -0.1) is 0 Å². The predicted molar refractivity (Wildman–Crippen MR) is 75.7 cm³/mol. The minimum Gasteiger partial charge on any atom is -0.310 e. The van der Waals surface area contributed by atoms with E-state index in [0.29, 0.717) is 6.04 Å². The van der Waals surface area contributed by atoms with Crippen LogP contribution in [0.1, 0.15) is 36.4 Å². The lowest BCUT2D eigenvalue weighted by Gasteiger charge is -2.30. The van der Waals surface area contributed by atoms with Crippen molar-refractivity contribution in [2.45, 2.75) is 31.7 Å². The molecule has 0 radical (unpaired) electrons. The summed E-state index contributed by atoms with van der Waals surface area (Å²) < 4.78 is 0. The first-order chi connectivity index (χ1) is 8.83. The summed E-state index contributed by atoms with van der Waals surface area (Å²) in [5.74, 6) is 0.883. The number of nitrogens with zero attached hydrogens (tertiary/aromatic N) is 1. The van der Waals surface area contributed by atoms with E-state index in [2.05, 4.69) is 41.5 Å². The molecule has 18 heavy (non-hydrogen) atoms. The number of benzene rings is 1. The number of hydrogen-bond donors (Lipinski definition) is 1. The van der Waals surface area contributed by atoms with Gasteiger partial charge in [0.1, 0.15) is 0 Å². The zero-order valence-electron chi connectivity index (χ0n) is 11.4. The lowest BCUT2D eigenvalue weighted by Crippen LogP contribution is -2.35. The molecule has 2 heteroatoms. The maximum atomic E-state index is 3.80. The second-order valence-corrected chi connectivity index (χ2v) is 5.94. The van der Waals surface area contributed by atoms with Gasteiger partial charge in [0.05, 0.1) is 0 Å². The maximum Gasteiger partial charge on any atom is 0.0326 e. The minimum atomic E-state index is 0.612. The summed E-state index contributed by atoms with van der Waals surface area (Å²) in [6, 6.07) is 9.54. The van der Waals surface area contributed by atoms with Crippen LogP contribution in [-0.4, -0.2) is 31.6 Å². The molecule has 3 rings (SSSR count). The van der Waals surface area contributed by atoms with Gasteiger partial charge in [0.2, 0.25) is 0 Å². The summed E-state index contributed by atoms with van der Waals surface area (Å²) in [5.41, 5.74) is 3.10. The summed E-state index contributed by atoms with van der Waals surface area (Å²) >= 11 is 0. The van der Waals surface area contributed by atoms with Crippen molar-refractivity contribution in [1.29, 1.82) is 0 Å². The molecule has 1 aliphatic heterocycles. The largest absolute Gasteiger partial charge is 0.310 e. The summed E-state index contributed by atoms with van der Waals surface area (Å²) in [5, 5.41) is 3.80. The van der Waals surface area contributed by atoms with Crippen molar-refractivity contribution in [3.63, 3.8) is 0 Å². The Hall–Kier alpha value is -0.860. The number of hydrogen-bond acceptors (Lipinski definition) is 2. The second-order valence-electron chi connectivity index (χ2n) is 5.94. The van der Waals surface area contributed by atoms with Crippen LogP contribution < -0.4 is 5.32 Å². The fourth-order valence-electron chi connectivity index (χ4n) is 3.34. The molecule has 1 atom stereocenters. The van der Waals surface area contributed by atoms with Crippen LogP contribution in [0.2, 0.25) is 0 Å². The molecule has 1 saturated heterocycles. The zero-order valence-corrected chi connectivity index (χ0v) is 11.4. The molecule has 0 spiro atoms. The third-order valence-corrected chi connectivity index (χ3v) is 4.62. The van der Waals surface area contributed by atoms with Crippen LogP contribution in [0.25, 0.3) is 0 Å². The SMILES string of the molecule is CN1CCC(CNC2CCc3ccccc32)CC1. The van der Waals surface area contributed by atoms with Crippen LogP contribution in [-0.2, 0) is 6.42 Å². The Kier molecular flexibility index (Phi) is 3.67. The van der Waals surface area contributed by atoms with Gasteiger partial charge in [-0.1, -0.05) is 24.3 Å². The molecule has 98 valence electrons. The molecule has 2 aliphatic rings. The molecule has 0 saturated carbocycles. The van der Waals surface area contributed by atoms with E-state index < -0.39 is 0 Å². The average molecular weight is 244 g/mol. The van der Waals surface area contributed by atoms with Gasteiger partial charge in [0.15, 0.2) is 0 Å². The third kappa shape index (κ3) is 2.60. The van der Waals surface area contributed by atoms with Crippen molar-refractivity contribution in [3.05, 3.63) is 35.4 Å². The first kappa shape index (κ1) is 12.2. The molecule has 1 aliphatic carbocycles. The fourth-order valence-corrected chi connectivity index (χ4v) is 3.34. The highest BCUT2D eigenvalue weighted by molar-refractivity contribution is 5.34. The number of likely N-dealkylation sites (tertiary alicyclic amines) is 1. The van der Waals surface area contributed by atoms with Gasteiger partial charge in [0, 0.05) is 6.04 Å². The van der Waals surface area contributed by atoms with Crippen LogP contribution in [0.15, 0.2) is 24.3 Å². The van der Waals surface area contributed by atoms with Gasteiger partial charge >= 0.3 is 0 Å². The van der Waals surface area contributed by atoms with E-state index >= 15 is 0 Å². The van der Waals surface area contributed by atoms with E-state index in [1.54, 1.807) is 11.1 Å². The quantitative estimate of drug-likeness (QED) is 0.879. The Bertz CT molecular complexity index is 394. The van der Waals surface area contributed by atoms with Gasteiger partial charge in [-0.3, -0.25) is 0 Å². The number of piperidine rings is 1. The van der Waals surface area contributed by atoms with Crippen LogP contribution in [0.3, 0.4) is 0 Å². The van der Waals surface area contributed by atoms with Crippen LogP contribution >= 0.6 is 0 Å². The standard InChI is InChI=1S/C16H24N2/c1-18-10-8-13(9-11-18)12-17-16-7-6-14-4-2-3-5-15(14)16/h2-5,13,16-17H,6-12H2,1H3. The highest BCUT2D eigenvalue weighted by Crippen LogP contribution is 2.31. The van der Waals surface area contributed by atoms with Crippen molar-refractivity contribution < 1.29 is 0 Å². The van der Waals surface area contributed by atoms with Gasteiger partial charge < -0.3 is 10.2 Å². The molecule has 1 unspecified atom stereocenters. The lowest BCUT2D eigenvalue weighted by atomic mass is 9.96. The van der Waals surface area contributed by atoms with Crippen molar-refractivity contribution in [2.75, 3.05) is 26.7 Å². The lowest BCUT2D eigenvalue weighted by molar-refractivity contribution is 0.212. The topological polar surface area (TPSA) is 15.3 Å². The van der Waals surface area contributed by atoms with Gasteiger partial charge in [0.25, 0.3) is 0 Å². The number of aryl methyl sites for hydroxylation is 1. The van der Waals surface area contributed by atoms with E-state index in [0.717, 1.165) is 5.92 Å². The summed E-state index contributed by atoms with van der Waals surface area (Å²) in [6.07, 6.45) is 5.25. The molecule has 1 aromatic rings. The molecule has 1 N–H and O–H groups in total. The Balaban J connectivity index is 1.53. The number of fused-ring (bicyclic) bond motifs is 1. The Labute approximate surface area is 110 Å². The van der Waals surface area contributed by atoms with Crippen molar-refractivity contribution in [3.8, 4) is 0 Å². The maximum absolute atomic E-state index is 3.80. The number of rotatable bonds is 3. The molecule has 2 nitrogen and oxygen atoms in total. The number of nitrogens with one attached hydrogen (secondary N) is 1. The molecular weight excluding hydrogens is 220 g/mol. The van der Waals surface area contributed by atoms with E-state index in [1.807, 2.05) is 0 Å². The Morgan fingerprint density at radius 3 is 2.78 bits per heavy atom. The molecular formula is C16H24N2. The van der Waals surface area contributed by atoms with Crippen molar-refractivity contribution in [2.24, 2.45) is 5.92 Å². The predicted octanol–water partition coefficient (Wildman–Crippen LogP) is 2.61. The first-order valence-corrected chi connectivity index (χ1v) is 7.32. The van der Waals surface area contributed by atoms with Gasteiger partial charge in [-0.05, 0) is 69.4 Å². The van der Waals surface area contributed by atoms with Gasteiger partial charge in [-0.2, -0.15) is 0 Å². The monoisotopic (exact) mass is 244 g/mol. The van der Waals surface area contributed by atoms with E-state index in [-0.39, 0.29) is 0 Å². The van der Waals surface area contributed by atoms with Crippen LogP contribution in [0.5, 0.6) is 0 Å². The molecule has 1 fully saturated rings. The smallest absolute Gasteiger partial charge is 0.0326 e. The van der Waals surface area contributed by atoms with Gasteiger partial charge in [-0.25, -0.2) is 0 Å². The average Bonchev–Trinajstić information content (AvgIpc) is 2.82. The first-order valence-electron chi connectivity index (χ1n) is 7.32. The second kappa shape index (κ2) is 5.41. The Morgan fingerprint density at radius 1 is 1.17 bits per heavy atom. The molecule has 1 aromatic carbocycles. The van der Waals surface area contributed by atoms with Crippen molar-refractivity contribution in [1.82, 2.24) is 10.2 Å². The zero-order chi connectivity index (χ0) is 12.4. The fraction of sp³-hybridized carbons (Fsp3) is 0.625. The summed E-state index contributed by atoms with van der Waals surface area (Å²) in [7, 11) is 2.23. The molecule has 0 amide bonds. The molecule has 1 heterocycles. The van der Waals surface area contributed by atoms with Crippen LogP contribution in [0, 0.1) is 5.92 Å². The molecule has 0 aromatic heterocycles. The normalized spacial score (nSPS) is 25.3. The Morgan fingerprint density at radius 2 is 1.94 bits per heavy atom. The van der Waals surface area contributed by atoms with Crippen LogP contribution in [0.4, 0.5) is 0 Å².